The van der Waals surface area contributed by atoms with Gasteiger partial charge in [-0.3, -0.25) is 19.7 Å². The topological polar surface area (TPSA) is 74.2 Å². The van der Waals surface area contributed by atoms with Crippen LogP contribution in [0.15, 0.2) is 104 Å². The molecule has 0 saturated carbocycles. The Morgan fingerprint density at radius 2 is 1.62 bits per heavy atom. The first kappa shape index (κ1) is 29.2. The lowest BCUT2D eigenvalue weighted by Gasteiger charge is -2.15. The Balaban J connectivity index is 0.00000210. The van der Waals surface area contributed by atoms with Crippen LogP contribution in [0, 0.1) is 0 Å². The maximum atomic E-state index is 12.9. The third-order valence-corrected chi connectivity index (χ3v) is 6.06. The van der Waals surface area contributed by atoms with E-state index in [2.05, 4.69) is 38.0 Å². The van der Waals surface area contributed by atoms with Crippen LogP contribution in [0.1, 0.15) is 10.4 Å². The Labute approximate surface area is 240 Å². The number of fused-ring (bicyclic) bond motifs is 1. The van der Waals surface area contributed by atoms with Crippen LogP contribution in [-0.4, -0.2) is 29.6 Å². The van der Waals surface area contributed by atoms with Gasteiger partial charge in [0.25, 0.3) is 5.91 Å². The number of carbonyl (C=O) groups excluding carboxylic acids is 1. The zero-order valence-electron chi connectivity index (χ0n) is 21.9. The first-order valence-electron chi connectivity index (χ1n) is 12.0. The first-order chi connectivity index (χ1) is 17.9. The van der Waals surface area contributed by atoms with Gasteiger partial charge in [0.05, 0.1) is 35.6 Å². The van der Waals surface area contributed by atoms with E-state index < -0.39 is 0 Å². The summed E-state index contributed by atoms with van der Waals surface area (Å²) in [5, 5.41) is 10.8. The molecule has 5 rings (SSSR count). The summed E-state index contributed by atoms with van der Waals surface area (Å²) in [6.45, 7) is 0. The standard InChI is InChI=1S/C30H28N6O.2ClH/c1-35(2)26-11-12-28-27(20-26)29(13-16-31-28)33-22-7-9-23(10-8-22)34-30(37)21-5-4-6-25(19-21)32-24-14-17-36(3)18-15-24;;/h4-20,32H,1-3H3,(H-,31,33,34,37);2*1H. The van der Waals surface area contributed by atoms with Gasteiger partial charge in [-0.15, -0.1) is 12.4 Å². The lowest BCUT2D eigenvalue weighted by molar-refractivity contribution is -0.0000151. The summed E-state index contributed by atoms with van der Waals surface area (Å²) in [7, 11) is 6.01. The Kier molecular flexibility index (Phi) is 9.71. The van der Waals surface area contributed by atoms with Crippen molar-refractivity contribution in [3.63, 3.8) is 0 Å². The lowest BCUT2D eigenvalue weighted by atomic mass is 10.1. The minimum absolute atomic E-state index is 0. The van der Waals surface area contributed by atoms with Gasteiger partial charge in [-0.1, -0.05) is 0 Å². The molecule has 2 aromatic heterocycles. The second-order valence-corrected chi connectivity index (χ2v) is 9.07. The number of carbonyl (C=O) groups is 1. The van der Waals surface area contributed by atoms with E-state index in [9.17, 15) is 4.79 Å². The van der Waals surface area contributed by atoms with E-state index >= 15 is 0 Å². The highest BCUT2D eigenvalue weighted by atomic mass is 35.5. The molecule has 5 aromatic rings. The fourth-order valence-electron chi connectivity index (χ4n) is 4.01. The number of pyridine rings is 2. The van der Waals surface area contributed by atoms with Crippen LogP contribution in [0.4, 0.5) is 34.1 Å². The van der Waals surface area contributed by atoms with Crippen molar-refractivity contribution in [1.29, 1.82) is 0 Å². The summed E-state index contributed by atoms with van der Waals surface area (Å²) in [4.78, 5) is 19.5. The van der Waals surface area contributed by atoms with Gasteiger partial charge in [-0.25, -0.2) is 0 Å². The number of aromatic nitrogens is 2. The number of hydrogen-bond acceptors (Lipinski definition) is 5. The van der Waals surface area contributed by atoms with Crippen molar-refractivity contribution in [1.82, 2.24) is 9.55 Å². The molecule has 2 heterocycles. The van der Waals surface area contributed by atoms with E-state index in [1.807, 2.05) is 105 Å². The molecule has 9 heteroatoms. The SMILES string of the molecule is CN(C)c1ccc2nccc(Nc3ccc(NC(=O)c4cccc(N[c+]5ccn(C)cc5)c4)cc3)c2c1.Cl.[Cl-]. The monoisotopic (exact) mass is 560 g/mol. The molecule has 3 aromatic carbocycles. The molecule has 0 aliphatic rings. The van der Waals surface area contributed by atoms with E-state index in [-0.39, 0.29) is 30.7 Å². The number of amides is 1. The minimum atomic E-state index is -0.167. The van der Waals surface area contributed by atoms with E-state index in [4.69, 9.17) is 0 Å². The molecule has 0 unspecified atom stereocenters. The highest BCUT2D eigenvalue weighted by molar-refractivity contribution is 6.05. The highest BCUT2D eigenvalue weighted by Gasteiger charge is 2.10. The van der Waals surface area contributed by atoms with Gasteiger partial charge in [0.1, 0.15) is 11.4 Å². The number of nitrogens with one attached hydrogen (secondary N) is 3. The Morgan fingerprint density at radius 1 is 0.897 bits per heavy atom. The van der Waals surface area contributed by atoms with Crippen molar-refractivity contribution in [3.8, 4) is 0 Å². The molecular weight excluding hydrogens is 531 g/mol. The van der Waals surface area contributed by atoms with Crippen molar-refractivity contribution < 1.29 is 17.2 Å². The second kappa shape index (κ2) is 13.0. The average molecular weight is 562 g/mol. The van der Waals surface area contributed by atoms with Crippen LogP contribution < -0.4 is 33.3 Å². The molecule has 1 amide bonds. The summed E-state index contributed by atoms with van der Waals surface area (Å²) < 4.78 is 1.97. The number of rotatable bonds is 7. The minimum Gasteiger partial charge on any atom is -1.00 e. The molecule has 0 fully saturated rings. The molecule has 0 saturated heterocycles. The van der Waals surface area contributed by atoms with Gasteiger partial charge in [0.2, 0.25) is 0 Å². The van der Waals surface area contributed by atoms with Gasteiger partial charge in [0.15, 0.2) is 0 Å². The summed E-state index contributed by atoms with van der Waals surface area (Å²) in [5.41, 5.74) is 7.04. The fourth-order valence-corrected chi connectivity index (χ4v) is 4.01. The Morgan fingerprint density at radius 3 is 2.33 bits per heavy atom. The summed E-state index contributed by atoms with van der Waals surface area (Å²) in [5.74, 6) is -0.167. The molecular formula is C30H30Cl2N6O. The van der Waals surface area contributed by atoms with Crippen LogP contribution >= 0.6 is 12.4 Å². The van der Waals surface area contributed by atoms with Gasteiger partial charge in [-0.05, 0) is 60.7 Å². The maximum absolute atomic E-state index is 12.9. The molecule has 7 nitrogen and oxygen atoms in total. The smallest absolute Gasteiger partial charge is 0.256 e. The van der Waals surface area contributed by atoms with E-state index in [1.165, 1.54) is 0 Å². The Hall–Kier alpha value is -4.33. The maximum Gasteiger partial charge on any atom is 0.256 e. The molecule has 0 spiro atoms. The van der Waals surface area contributed by atoms with Gasteiger partial charge in [0, 0.05) is 67.6 Å². The van der Waals surface area contributed by atoms with Crippen molar-refractivity contribution >= 4 is 63.3 Å². The first-order valence-corrected chi connectivity index (χ1v) is 12.0. The van der Waals surface area contributed by atoms with Crippen LogP contribution in [0.25, 0.3) is 10.9 Å². The molecule has 0 radical (unpaired) electrons. The summed E-state index contributed by atoms with van der Waals surface area (Å²) in [6.07, 6.45) is 5.74. The van der Waals surface area contributed by atoms with Crippen molar-refractivity contribution in [2.75, 3.05) is 34.9 Å². The molecule has 39 heavy (non-hydrogen) atoms. The van der Waals surface area contributed by atoms with Crippen molar-refractivity contribution in [2.45, 2.75) is 0 Å². The number of anilines is 6. The lowest BCUT2D eigenvalue weighted by Crippen LogP contribution is -3.00. The Bertz CT molecular complexity index is 1560. The molecule has 0 bridgehead atoms. The quantitative estimate of drug-likeness (QED) is 0.261. The van der Waals surface area contributed by atoms with Crippen LogP contribution in [0.3, 0.4) is 0 Å². The second-order valence-electron chi connectivity index (χ2n) is 9.07. The highest BCUT2D eigenvalue weighted by Crippen LogP contribution is 2.29. The van der Waals surface area contributed by atoms with Crippen LogP contribution in [0.5, 0.6) is 0 Å². The third-order valence-electron chi connectivity index (χ3n) is 6.06. The van der Waals surface area contributed by atoms with Crippen LogP contribution in [0.2, 0.25) is 0 Å². The van der Waals surface area contributed by atoms with Gasteiger partial charge < -0.3 is 27.9 Å². The number of hydrogen-bond donors (Lipinski definition) is 3. The molecule has 200 valence electrons. The van der Waals surface area contributed by atoms with E-state index in [1.54, 1.807) is 12.3 Å². The zero-order chi connectivity index (χ0) is 25.8. The van der Waals surface area contributed by atoms with E-state index in [0.717, 1.165) is 45.0 Å². The van der Waals surface area contributed by atoms with Gasteiger partial charge in [-0.2, -0.15) is 0 Å². The van der Waals surface area contributed by atoms with Crippen molar-refractivity contribution in [2.24, 2.45) is 7.05 Å². The third kappa shape index (κ3) is 7.16. The molecule has 0 aliphatic heterocycles. The average Bonchev–Trinajstić information content (AvgIpc) is 2.91. The van der Waals surface area contributed by atoms with Gasteiger partial charge >= 0.3 is 0 Å². The van der Waals surface area contributed by atoms with E-state index in [0.29, 0.717) is 5.56 Å². The number of aryl methyl sites for hydroxylation is 1. The number of nitrogens with zero attached hydrogens (tertiary/aromatic N) is 3. The summed E-state index contributed by atoms with van der Waals surface area (Å²) in [6, 6.07) is 27.3. The normalized spacial score (nSPS) is 10.1. The fraction of sp³-hybridized carbons (Fsp3) is 0.100. The molecule has 3 N–H and O–H groups in total. The zero-order valence-corrected chi connectivity index (χ0v) is 23.4. The summed E-state index contributed by atoms with van der Waals surface area (Å²) >= 11 is 0. The molecule has 0 aliphatic carbocycles. The predicted molar refractivity (Wildman–Crippen MR) is 161 cm³/mol. The number of halogens is 2. The molecule has 0 atom stereocenters. The van der Waals surface area contributed by atoms with Crippen LogP contribution in [-0.2, 0) is 7.05 Å². The largest absolute Gasteiger partial charge is 1.00 e. The predicted octanol–water partition coefficient (Wildman–Crippen LogP) is 4.09. The number of benzene rings is 3. The van der Waals surface area contributed by atoms with Crippen molar-refractivity contribution in [3.05, 3.63) is 109 Å².